The molecule has 5 rings (SSSR count). The van der Waals surface area contributed by atoms with Crippen LogP contribution in [0.15, 0.2) is 59.6 Å². The molecular weight excluding hydrogens is 426 g/mol. The average molecular weight is 452 g/mol. The number of nitrogens with zero attached hydrogens (tertiary/aromatic N) is 4. The molecule has 2 aromatic carbocycles. The SMILES string of the molecule is COCCN1CCN(S(=O)(=O)c2ccc3nc(-c4ccc5cccnc5c4)[nH]c3c2)CC1. The summed E-state index contributed by atoms with van der Waals surface area (Å²) in [6.07, 6.45) is 1.76. The van der Waals surface area contributed by atoms with Crippen molar-refractivity contribution in [1.82, 2.24) is 24.2 Å². The van der Waals surface area contributed by atoms with Crippen molar-refractivity contribution in [2.24, 2.45) is 0 Å². The maximum Gasteiger partial charge on any atom is 0.243 e. The molecular formula is C23H25N5O3S. The normalized spacial score (nSPS) is 16.2. The fraction of sp³-hybridized carbons (Fsp3) is 0.304. The van der Waals surface area contributed by atoms with E-state index in [9.17, 15) is 8.42 Å². The van der Waals surface area contributed by atoms with Crippen LogP contribution in [0, 0.1) is 0 Å². The number of pyridine rings is 1. The third-order valence-electron chi connectivity index (χ3n) is 5.91. The predicted molar refractivity (Wildman–Crippen MR) is 124 cm³/mol. The minimum atomic E-state index is -3.56. The number of aromatic nitrogens is 3. The molecule has 3 heterocycles. The first kappa shape index (κ1) is 21.0. The van der Waals surface area contributed by atoms with E-state index in [2.05, 4.69) is 19.9 Å². The van der Waals surface area contributed by atoms with Gasteiger partial charge in [0.2, 0.25) is 10.0 Å². The molecule has 0 aliphatic carbocycles. The van der Waals surface area contributed by atoms with Crippen LogP contribution < -0.4 is 0 Å². The zero-order valence-electron chi connectivity index (χ0n) is 17.9. The number of hydrogen-bond donors (Lipinski definition) is 1. The Morgan fingerprint density at radius 2 is 1.88 bits per heavy atom. The van der Waals surface area contributed by atoms with Crippen molar-refractivity contribution in [3.8, 4) is 11.4 Å². The van der Waals surface area contributed by atoms with Crippen molar-refractivity contribution in [2.75, 3.05) is 46.4 Å². The second-order valence-electron chi connectivity index (χ2n) is 7.91. The van der Waals surface area contributed by atoms with E-state index in [1.807, 2.05) is 30.3 Å². The lowest BCUT2D eigenvalue weighted by Gasteiger charge is -2.33. The lowest BCUT2D eigenvalue weighted by Crippen LogP contribution is -2.49. The summed E-state index contributed by atoms with van der Waals surface area (Å²) in [5.41, 5.74) is 3.22. The molecule has 9 heteroatoms. The molecule has 0 spiro atoms. The molecule has 0 saturated carbocycles. The Labute approximate surface area is 186 Å². The fourth-order valence-electron chi connectivity index (χ4n) is 4.06. The molecule has 4 aromatic rings. The van der Waals surface area contributed by atoms with Crippen LogP contribution in [-0.4, -0.2) is 79.0 Å². The lowest BCUT2D eigenvalue weighted by atomic mass is 10.1. The van der Waals surface area contributed by atoms with Crippen molar-refractivity contribution >= 4 is 32.0 Å². The highest BCUT2D eigenvalue weighted by molar-refractivity contribution is 7.89. The van der Waals surface area contributed by atoms with E-state index >= 15 is 0 Å². The van der Waals surface area contributed by atoms with Crippen LogP contribution in [0.2, 0.25) is 0 Å². The number of H-pyrrole nitrogens is 1. The average Bonchev–Trinajstić information content (AvgIpc) is 3.26. The van der Waals surface area contributed by atoms with Gasteiger partial charge in [0.25, 0.3) is 0 Å². The Morgan fingerprint density at radius 1 is 1.03 bits per heavy atom. The molecule has 1 aliphatic rings. The minimum Gasteiger partial charge on any atom is -0.383 e. The minimum absolute atomic E-state index is 0.283. The van der Waals surface area contributed by atoms with E-state index in [-0.39, 0.29) is 4.90 Å². The van der Waals surface area contributed by atoms with Gasteiger partial charge in [0.05, 0.1) is 28.1 Å². The molecule has 2 aromatic heterocycles. The van der Waals surface area contributed by atoms with Crippen LogP contribution >= 0.6 is 0 Å². The van der Waals surface area contributed by atoms with Gasteiger partial charge < -0.3 is 9.72 Å². The summed E-state index contributed by atoms with van der Waals surface area (Å²) < 4.78 is 33.1. The monoisotopic (exact) mass is 451 g/mol. The fourth-order valence-corrected chi connectivity index (χ4v) is 5.51. The first-order valence-corrected chi connectivity index (χ1v) is 12.0. The molecule has 32 heavy (non-hydrogen) atoms. The molecule has 1 aliphatic heterocycles. The van der Waals surface area contributed by atoms with Gasteiger partial charge in [-0.3, -0.25) is 9.88 Å². The Morgan fingerprint density at radius 3 is 2.69 bits per heavy atom. The molecule has 1 saturated heterocycles. The highest BCUT2D eigenvalue weighted by Crippen LogP contribution is 2.26. The largest absolute Gasteiger partial charge is 0.383 e. The Bertz CT molecular complexity index is 1360. The number of benzene rings is 2. The summed E-state index contributed by atoms with van der Waals surface area (Å²) in [6, 6.07) is 15.0. The molecule has 0 bridgehead atoms. The van der Waals surface area contributed by atoms with Crippen LogP contribution in [0.5, 0.6) is 0 Å². The number of sulfonamides is 1. The van der Waals surface area contributed by atoms with Crippen molar-refractivity contribution in [3.63, 3.8) is 0 Å². The molecule has 166 valence electrons. The zero-order chi connectivity index (χ0) is 22.1. The number of ether oxygens (including phenoxy) is 1. The highest BCUT2D eigenvalue weighted by atomic mass is 32.2. The maximum absolute atomic E-state index is 13.2. The van der Waals surface area contributed by atoms with Gasteiger partial charge in [-0.15, -0.1) is 0 Å². The third-order valence-corrected chi connectivity index (χ3v) is 7.81. The van der Waals surface area contributed by atoms with E-state index in [1.54, 1.807) is 35.8 Å². The Balaban J connectivity index is 1.40. The lowest BCUT2D eigenvalue weighted by molar-refractivity contribution is 0.123. The summed E-state index contributed by atoms with van der Waals surface area (Å²) in [7, 11) is -1.89. The summed E-state index contributed by atoms with van der Waals surface area (Å²) >= 11 is 0. The summed E-state index contributed by atoms with van der Waals surface area (Å²) in [5, 5.41) is 1.06. The number of hydrogen-bond acceptors (Lipinski definition) is 6. The van der Waals surface area contributed by atoms with E-state index in [4.69, 9.17) is 4.74 Å². The Kier molecular flexibility index (Phi) is 5.64. The van der Waals surface area contributed by atoms with Gasteiger partial charge in [-0.1, -0.05) is 18.2 Å². The van der Waals surface area contributed by atoms with Gasteiger partial charge in [0.1, 0.15) is 5.82 Å². The van der Waals surface area contributed by atoms with Gasteiger partial charge in [-0.2, -0.15) is 4.31 Å². The second-order valence-corrected chi connectivity index (χ2v) is 9.85. The van der Waals surface area contributed by atoms with Crippen LogP contribution in [0.4, 0.5) is 0 Å². The second kappa shape index (κ2) is 8.59. The predicted octanol–water partition coefficient (Wildman–Crippen LogP) is 2.73. The summed E-state index contributed by atoms with van der Waals surface area (Å²) in [5.74, 6) is 0.689. The molecule has 0 atom stereocenters. The number of nitrogens with one attached hydrogen (secondary N) is 1. The molecule has 8 nitrogen and oxygen atoms in total. The van der Waals surface area contributed by atoms with E-state index in [0.29, 0.717) is 44.1 Å². The van der Waals surface area contributed by atoms with Crippen molar-refractivity contribution in [2.45, 2.75) is 4.90 Å². The summed E-state index contributed by atoms with van der Waals surface area (Å²) in [4.78, 5) is 14.8. The van der Waals surface area contributed by atoms with Gasteiger partial charge in [0.15, 0.2) is 0 Å². The van der Waals surface area contributed by atoms with E-state index in [1.165, 1.54) is 0 Å². The number of piperazine rings is 1. The van der Waals surface area contributed by atoms with Gasteiger partial charge >= 0.3 is 0 Å². The van der Waals surface area contributed by atoms with Crippen LogP contribution in [0.3, 0.4) is 0 Å². The van der Waals surface area contributed by atoms with Gasteiger partial charge in [-0.25, -0.2) is 13.4 Å². The van der Waals surface area contributed by atoms with E-state index < -0.39 is 10.0 Å². The molecule has 0 radical (unpaired) electrons. The van der Waals surface area contributed by atoms with E-state index in [0.717, 1.165) is 28.5 Å². The molecule has 1 fully saturated rings. The topological polar surface area (TPSA) is 91.4 Å². The first-order valence-electron chi connectivity index (χ1n) is 10.6. The molecule has 0 amide bonds. The quantitative estimate of drug-likeness (QED) is 0.485. The number of aromatic amines is 1. The maximum atomic E-state index is 13.2. The number of methoxy groups -OCH3 is 1. The van der Waals surface area contributed by atoms with Crippen molar-refractivity contribution in [3.05, 3.63) is 54.7 Å². The zero-order valence-corrected chi connectivity index (χ0v) is 18.7. The number of fused-ring (bicyclic) bond motifs is 2. The standard InChI is InChI=1S/C23H25N5O3S/c1-31-14-13-27-9-11-28(12-10-27)32(29,30)19-6-7-20-22(16-19)26-23(25-20)18-5-4-17-3-2-8-24-21(17)15-18/h2-8,15-16H,9-14H2,1H3,(H,25,26). The summed E-state index contributed by atoms with van der Waals surface area (Å²) in [6.45, 7) is 3.82. The van der Waals surface area contributed by atoms with Crippen LogP contribution in [0.1, 0.15) is 0 Å². The number of rotatable bonds is 6. The van der Waals surface area contributed by atoms with Gasteiger partial charge in [0, 0.05) is 57.0 Å². The first-order chi connectivity index (χ1) is 15.5. The third kappa shape index (κ3) is 4.00. The van der Waals surface area contributed by atoms with Crippen molar-refractivity contribution < 1.29 is 13.2 Å². The Hall–Kier alpha value is -2.85. The highest BCUT2D eigenvalue weighted by Gasteiger charge is 2.28. The smallest absolute Gasteiger partial charge is 0.243 e. The van der Waals surface area contributed by atoms with Gasteiger partial charge in [-0.05, 0) is 30.3 Å². The number of imidazole rings is 1. The molecule has 1 N–H and O–H groups in total. The van der Waals surface area contributed by atoms with Crippen molar-refractivity contribution in [1.29, 1.82) is 0 Å². The van der Waals surface area contributed by atoms with Crippen LogP contribution in [0.25, 0.3) is 33.3 Å². The molecule has 0 unspecified atom stereocenters. The van der Waals surface area contributed by atoms with Crippen LogP contribution in [-0.2, 0) is 14.8 Å².